The van der Waals surface area contributed by atoms with Gasteiger partial charge in [0.2, 0.25) is 5.78 Å². The van der Waals surface area contributed by atoms with Crippen LogP contribution in [-0.2, 0) is 9.53 Å². The zero-order chi connectivity index (χ0) is 12.0. The molecule has 1 aromatic carbocycles. The predicted octanol–water partition coefficient (Wildman–Crippen LogP) is 1.16. The molecular weight excluding hydrogens is 220 g/mol. The lowest BCUT2D eigenvalue weighted by Crippen LogP contribution is -2.38. The Labute approximate surface area is 96.9 Å². The van der Waals surface area contributed by atoms with E-state index in [1.807, 2.05) is 0 Å². The van der Waals surface area contributed by atoms with Crippen LogP contribution in [0.2, 0.25) is 0 Å². The van der Waals surface area contributed by atoms with E-state index in [1.54, 1.807) is 24.3 Å². The van der Waals surface area contributed by atoms with Crippen molar-refractivity contribution in [2.24, 2.45) is 5.92 Å². The van der Waals surface area contributed by atoms with Gasteiger partial charge in [-0.1, -0.05) is 24.3 Å². The zero-order valence-electron chi connectivity index (χ0n) is 8.75. The number of fused-ring (bicyclic) bond motifs is 2. The van der Waals surface area contributed by atoms with Crippen LogP contribution in [0.4, 0.5) is 0 Å². The first-order valence-corrected chi connectivity index (χ1v) is 5.23. The van der Waals surface area contributed by atoms with E-state index in [-0.39, 0.29) is 17.3 Å². The summed E-state index contributed by atoms with van der Waals surface area (Å²) < 4.78 is 5.18. The fraction of sp³-hybridized carbons (Fsp3) is 0.154. The van der Waals surface area contributed by atoms with Crippen molar-refractivity contribution in [2.45, 2.75) is 6.10 Å². The van der Waals surface area contributed by atoms with Crippen molar-refractivity contribution in [3.63, 3.8) is 0 Å². The molecule has 17 heavy (non-hydrogen) atoms. The highest BCUT2D eigenvalue weighted by molar-refractivity contribution is 6.18. The van der Waals surface area contributed by atoms with E-state index in [2.05, 4.69) is 0 Å². The minimum atomic E-state index is -0.863. The Bertz CT molecular complexity index is 571. The summed E-state index contributed by atoms with van der Waals surface area (Å²) in [4.78, 5) is 34.8. The van der Waals surface area contributed by atoms with Crippen LogP contribution in [0.3, 0.4) is 0 Å². The Morgan fingerprint density at radius 2 is 1.71 bits per heavy atom. The smallest absolute Gasteiger partial charge is 0.205 e. The van der Waals surface area contributed by atoms with Crippen LogP contribution < -0.4 is 0 Å². The van der Waals surface area contributed by atoms with Gasteiger partial charge in [0.25, 0.3) is 0 Å². The molecule has 2 atom stereocenters. The molecule has 4 nitrogen and oxygen atoms in total. The molecule has 1 aromatic rings. The lowest BCUT2D eigenvalue weighted by Gasteiger charge is -2.23. The van der Waals surface area contributed by atoms with Crippen LogP contribution in [0, 0.1) is 5.92 Å². The number of rotatable bonds is 1. The molecule has 1 aliphatic carbocycles. The van der Waals surface area contributed by atoms with Crippen LogP contribution in [-0.4, -0.2) is 24.0 Å². The van der Waals surface area contributed by atoms with Gasteiger partial charge in [-0.3, -0.25) is 14.4 Å². The Balaban J connectivity index is 2.14. The molecular formula is C13H8O4. The normalized spacial score (nSPS) is 25.8. The Morgan fingerprint density at radius 3 is 2.35 bits per heavy atom. The quantitative estimate of drug-likeness (QED) is 0.677. The van der Waals surface area contributed by atoms with Crippen LogP contribution in [0.15, 0.2) is 36.1 Å². The molecule has 84 valence electrons. The van der Waals surface area contributed by atoms with Gasteiger partial charge in [-0.05, 0) is 6.08 Å². The summed E-state index contributed by atoms with van der Waals surface area (Å²) in [6, 6.07) is 6.64. The summed E-state index contributed by atoms with van der Waals surface area (Å²) in [6.45, 7) is 0. The molecule has 0 saturated carbocycles. The maximum atomic E-state index is 12.1. The third kappa shape index (κ3) is 1.27. The molecule has 1 aliphatic heterocycles. The lowest BCUT2D eigenvalue weighted by atomic mass is 9.80. The summed E-state index contributed by atoms with van der Waals surface area (Å²) in [5.74, 6) is -0.993. The van der Waals surface area contributed by atoms with E-state index >= 15 is 0 Å². The molecule has 0 spiro atoms. The maximum absolute atomic E-state index is 12.1. The Kier molecular flexibility index (Phi) is 1.98. The number of hydrogen-bond donors (Lipinski definition) is 0. The number of carbonyl (C=O) groups is 3. The molecule has 3 rings (SSSR count). The van der Waals surface area contributed by atoms with Gasteiger partial charge in [0.15, 0.2) is 23.9 Å². The molecule has 0 amide bonds. The summed E-state index contributed by atoms with van der Waals surface area (Å²) >= 11 is 0. The maximum Gasteiger partial charge on any atom is 0.205 e. The summed E-state index contributed by atoms with van der Waals surface area (Å²) in [5, 5.41) is 0. The van der Waals surface area contributed by atoms with E-state index in [0.717, 1.165) is 0 Å². The third-order valence-corrected chi connectivity index (χ3v) is 3.07. The molecule has 0 N–H and O–H groups in total. The van der Waals surface area contributed by atoms with Crippen molar-refractivity contribution in [3.8, 4) is 0 Å². The molecule has 0 bridgehead atoms. The first kappa shape index (κ1) is 9.96. The largest absolute Gasteiger partial charge is 0.478 e. The van der Waals surface area contributed by atoms with Gasteiger partial charge < -0.3 is 4.74 Å². The number of benzene rings is 1. The third-order valence-electron chi connectivity index (χ3n) is 3.07. The number of allylic oxidation sites excluding steroid dienone is 1. The number of ether oxygens (including phenoxy) is 1. The van der Waals surface area contributed by atoms with E-state index in [0.29, 0.717) is 17.4 Å². The fourth-order valence-corrected chi connectivity index (χ4v) is 2.27. The minimum absolute atomic E-state index is 0.0644. The van der Waals surface area contributed by atoms with Crippen molar-refractivity contribution < 1.29 is 19.1 Å². The van der Waals surface area contributed by atoms with Gasteiger partial charge in [-0.2, -0.15) is 0 Å². The summed E-state index contributed by atoms with van der Waals surface area (Å²) in [6.07, 6.45) is 1.08. The van der Waals surface area contributed by atoms with Crippen molar-refractivity contribution in [2.75, 3.05) is 0 Å². The number of hydrogen-bond acceptors (Lipinski definition) is 4. The average molecular weight is 228 g/mol. The van der Waals surface area contributed by atoms with Crippen LogP contribution in [0.25, 0.3) is 0 Å². The molecule has 0 saturated heterocycles. The van der Waals surface area contributed by atoms with E-state index < -0.39 is 12.0 Å². The standard InChI is InChI=1S/C13H8O4/c14-6-7-5-10-11(15)8-3-1-2-4-9(8)12(16)13(10)17-7/h1-6,10,13H. The van der Waals surface area contributed by atoms with Gasteiger partial charge in [-0.25, -0.2) is 0 Å². The number of ketones is 2. The lowest BCUT2D eigenvalue weighted by molar-refractivity contribution is -0.107. The fourth-order valence-electron chi connectivity index (χ4n) is 2.27. The topological polar surface area (TPSA) is 60.4 Å². The Morgan fingerprint density at radius 1 is 1.06 bits per heavy atom. The highest BCUT2D eigenvalue weighted by Gasteiger charge is 2.45. The van der Waals surface area contributed by atoms with Crippen LogP contribution in [0.1, 0.15) is 20.7 Å². The Hall–Kier alpha value is -2.23. The van der Waals surface area contributed by atoms with Crippen molar-refractivity contribution >= 4 is 17.9 Å². The molecule has 4 heteroatoms. The monoisotopic (exact) mass is 228 g/mol. The first-order valence-electron chi connectivity index (χ1n) is 5.23. The van der Waals surface area contributed by atoms with Crippen LogP contribution >= 0.6 is 0 Å². The summed E-state index contributed by atoms with van der Waals surface area (Å²) in [7, 11) is 0. The number of aldehydes is 1. The second-order valence-electron chi connectivity index (χ2n) is 4.03. The van der Waals surface area contributed by atoms with Gasteiger partial charge in [0.05, 0.1) is 5.92 Å². The molecule has 2 aliphatic rings. The first-order chi connectivity index (χ1) is 8.22. The predicted molar refractivity (Wildman–Crippen MR) is 57.6 cm³/mol. The van der Waals surface area contributed by atoms with Gasteiger partial charge in [-0.15, -0.1) is 0 Å². The molecule has 0 radical (unpaired) electrons. The second kappa shape index (κ2) is 3.38. The molecule has 0 aromatic heterocycles. The second-order valence-corrected chi connectivity index (χ2v) is 4.03. The highest BCUT2D eigenvalue weighted by Crippen LogP contribution is 2.34. The highest BCUT2D eigenvalue weighted by atomic mass is 16.5. The molecule has 2 unspecified atom stereocenters. The van der Waals surface area contributed by atoms with E-state index in [9.17, 15) is 14.4 Å². The zero-order valence-corrected chi connectivity index (χ0v) is 8.75. The van der Waals surface area contributed by atoms with Crippen molar-refractivity contribution in [1.29, 1.82) is 0 Å². The molecule has 0 fully saturated rings. The van der Waals surface area contributed by atoms with E-state index in [4.69, 9.17) is 4.74 Å². The van der Waals surface area contributed by atoms with Gasteiger partial charge in [0.1, 0.15) is 0 Å². The number of Topliss-reactive ketones (excluding diaryl/α,β-unsaturated/α-hetero) is 2. The van der Waals surface area contributed by atoms with Gasteiger partial charge in [0, 0.05) is 11.1 Å². The van der Waals surface area contributed by atoms with E-state index in [1.165, 1.54) is 6.08 Å². The van der Waals surface area contributed by atoms with Crippen molar-refractivity contribution in [1.82, 2.24) is 0 Å². The summed E-state index contributed by atoms with van der Waals surface area (Å²) in [5.41, 5.74) is 0.782. The SMILES string of the molecule is O=CC1=CC2C(=O)c3ccccc3C(=O)C2O1. The minimum Gasteiger partial charge on any atom is -0.478 e. The van der Waals surface area contributed by atoms with Gasteiger partial charge >= 0.3 is 0 Å². The number of carbonyl (C=O) groups excluding carboxylic acids is 3. The average Bonchev–Trinajstić information content (AvgIpc) is 2.80. The van der Waals surface area contributed by atoms with Crippen molar-refractivity contribution in [3.05, 3.63) is 47.2 Å². The molecule has 1 heterocycles. The van der Waals surface area contributed by atoms with Crippen LogP contribution in [0.5, 0.6) is 0 Å².